The molecule has 18 heavy (non-hydrogen) atoms. The number of hydrogen-bond donors (Lipinski definition) is 2. The molecule has 2 heterocycles. The third kappa shape index (κ3) is 2.96. The summed E-state index contributed by atoms with van der Waals surface area (Å²) in [7, 11) is 0. The van der Waals surface area contributed by atoms with Crippen molar-refractivity contribution in [3.63, 3.8) is 0 Å². The summed E-state index contributed by atoms with van der Waals surface area (Å²) in [5, 5.41) is 4.00. The Bertz CT molecular complexity index is 584. The van der Waals surface area contributed by atoms with E-state index in [4.69, 9.17) is 17.3 Å². The maximum Gasteiger partial charge on any atom is 0.253 e. The summed E-state index contributed by atoms with van der Waals surface area (Å²) in [6.45, 7) is 2.33. The highest BCUT2D eigenvalue weighted by Crippen LogP contribution is 2.17. The Labute approximate surface area is 113 Å². The third-order valence-corrected chi connectivity index (χ3v) is 3.43. The highest BCUT2D eigenvalue weighted by atomic mass is 35.5. The first-order valence-electron chi connectivity index (χ1n) is 5.17. The molecule has 1 amide bonds. The Morgan fingerprint density at radius 3 is 2.94 bits per heavy atom. The number of hydrogen-bond acceptors (Lipinski definition) is 5. The second-order valence-corrected chi connectivity index (χ2v) is 5.34. The molecule has 3 N–H and O–H groups in total. The number of aromatic nitrogens is 2. The van der Waals surface area contributed by atoms with Crippen LogP contribution in [0.5, 0.6) is 0 Å². The minimum Gasteiger partial charge on any atom is -0.384 e. The smallest absolute Gasteiger partial charge is 0.253 e. The van der Waals surface area contributed by atoms with Crippen LogP contribution in [0.1, 0.15) is 20.2 Å². The molecule has 0 aromatic carbocycles. The zero-order valence-corrected chi connectivity index (χ0v) is 11.2. The molecule has 0 saturated carbocycles. The van der Waals surface area contributed by atoms with Crippen LogP contribution in [0.3, 0.4) is 0 Å². The number of anilines is 1. The van der Waals surface area contributed by atoms with Gasteiger partial charge in [0.1, 0.15) is 5.82 Å². The van der Waals surface area contributed by atoms with E-state index in [2.05, 4.69) is 15.3 Å². The van der Waals surface area contributed by atoms with E-state index in [1.165, 1.54) is 23.6 Å². The molecule has 2 aromatic rings. The Kier molecular flexibility index (Phi) is 3.78. The van der Waals surface area contributed by atoms with Crippen molar-refractivity contribution in [2.75, 3.05) is 5.73 Å². The van der Waals surface area contributed by atoms with Gasteiger partial charge in [0.05, 0.1) is 22.1 Å². The number of rotatable bonds is 3. The number of nitrogens with two attached hydrogens (primary N) is 1. The summed E-state index contributed by atoms with van der Waals surface area (Å²) in [4.78, 5) is 20.8. The van der Waals surface area contributed by atoms with Gasteiger partial charge in [-0.2, -0.15) is 0 Å². The molecule has 0 bridgehead atoms. The van der Waals surface area contributed by atoms with Crippen LogP contribution in [0.25, 0.3) is 0 Å². The monoisotopic (exact) mass is 282 g/mol. The number of pyridine rings is 1. The van der Waals surface area contributed by atoms with Crippen LogP contribution in [0.15, 0.2) is 18.5 Å². The number of carbonyl (C=O) groups excluding carboxylic acids is 1. The number of carbonyl (C=O) groups is 1. The van der Waals surface area contributed by atoms with Crippen molar-refractivity contribution in [3.05, 3.63) is 38.9 Å². The highest BCUT2D eigenvalue weighted by molar-refractivity contribution is 7.11. The fourth-order valence-electron chi connectivity index (χ4n) is 1.38. The van der Waals surface area contributed by atoms with Gasteiger partial charge in [0.25, 0.3) is 5.91 Å². The molecule has 0 spiro atoms. The maximum absolute atomic E-state index is 11.9. The normalized spacial score (nSPS) is 10.3. The van der Waals surface area contributed by atoms with Crippen LogP contribution in [0, 0.1) is 6.92 Å². The zero-order valence-electron chi connectivity index (χ0n) is 9.61. The van der Waals surface area contributed by atoms with Crippen LogP contribution in [0.4, 0.5) is 5.82 Å². The second kappa shape index (κ2) is 5.32. The Hall–Kier alpha value is -1.66. The fraction of sp³-hybridized carbons (Fsp3) is 0.182. The van der Waals surface area contributed by atoms with Gasteiger partial charge in [-0.15, -0.1) is 11.3 Å². The van der Waals surface area contributed by atoms with Crippen molar-refractivity contribution in [2.24, 2.45) is 0 Å². The van der Waals surface area contributed by atoms with Crippen molar-refractivity contribution < 1.29 is 4.79 Å². The summed E-state index contributed by atoms with van der Waals surface area (Å²) in [5.41, 5.74) is 5.84. The van der Waals surface area contributed by atoms with E-state index in [9.17, 15) is 4.79 Å². The van der Waals surface area contributed by atoms with Gasteiger partial charge in [-0.3, -0.25) is 4.79 Å². The van der Waals surface area contributed by atoms with Crippen LogP contribution in [-0.2, 0) is 6.54 Å². The van der Waals surface area contributed by atoms with Gasteiger partial charge in [0.2, 0.25) is 0 Å². The molecule has 0 saturated heterocycles. The predicted molar refractivity (Wildman–Crippen MR) is 71.7 cm³/mol. The molecule has 0 aliphatic rings. The van der Waals surface area contributed by atoms with Crippen molar-refractivity contribution in [3.8, 4) is 0 Å². The number of amides is 1. The average molecular weight is 283 g/mol. The predicted octanol–water partition coefficient (Wildman–Crippen LogP) is 2.01. The van der Waals surface area contributed by atoms with Gasteiger partial charge >= 0.3 is 0 Å². The number of thiazole rings is 1. The molecule has 0 radical (unpaired) electrons. The molecule has 7 heteroatoms. The summed E-state index contributed by atoms with van der Waals surface area (Å²) in [6, 6.07) is 1.45. The van der Waals surface area contributed by atoms with E-state index in [0.29, 0.717) is 12.1 Å². The molecule has 0 aliphatic heterocycles. The van der Waals surface area contributed by atoms with Crippen molar-refractivity contribution in [1.82, 2.24) is 15.3 Å². The van der Waals surface area contributed by atoms with Gasteiger partial charge in [0, 0.05) is 17.3 Å². The van der Waals surface area contributed by atoms with E-state index in [0.717, 1.165) is 9.88 Å². The minimum absolute atomic E-state index is 0.262. The zero-order chi connectivity index (χ0) is 13.1. The molecule has 94 valence electrons. The highest BCUT2D eigenvalue weighted by Gasteiger charge is 2.11. The molecular weight excluding hydrogens is 272 g/mol. The lowest BCUT2D eigenvalue weighted by molar-refractivity contribution is 0.0951. The SMILES string of the molecule is Cc1ncc(CNC(=O)c2cc(N)ncc2Cl)s1. The van der Waals surface area contributed by atoms with Gasteiger partial charge in [-0.25, -0.2) is 9.97 Å². The topological polar surface area (TPSA) is 80.9 Å². The third-order valence-electron chi connectivity index (χ3n) is 2.21. The van der Waals surface area contributed by atoms with E-state index in [-0.39, 0.29) is 16.7 Å². The number of nitrogens with one attached hydrogen (secondary N) is 1. The second-order valence-electron chi connectivity index (χ2n) is 3.62. The van der Waals surface area contributed by atoms with E-state index < -0.39 is 0 Å². The first-order chi connectivity index (χ1) is 8.56. The summed E-state index contributed by atoms with van der Waals surface area (Å²) in [5.74, 6) is -0.0154. The lowest BCUT2D eigenvalue weighted by Crippen LogP contribution is -2.23. The molecule has 0 atom stereocenters. The molecule has 0 aliphatic carbocycles. The van der Waals surface area contributed by atoms with E-state index in [1.54, 1.807) is 6.20 Å². The van der Waals surface area contributed by atoms with Crippen molar-refractivity contribution >= 4 is 34.7 Å². The minimum atomic E-state index is -0.278. The molecule has 2 aromatic heterocycles. The summed E-state index contributed by atoms with van der Waals surface area (Å²) >= 11 is 7.42. The van der Waals surface area contributed by atoms with Crippen molar-refractivity contribution in [1.29, 1.82) is 0 Å². The average Bonchev–Trinajstić information content (AvgIpc) is 2.75. The lowest BCUT2D eigenvalue weighted by atomic mass is 10.2. The van der Waals surface area contributed by atoms with Crippen LogP contribution in [0.2, 0.25) is 5.02 Å². The van der Waals surface area contributed by atoms with Gasteiger partial charge in [0.15, 0.2) is 0 Å². The number of aryl methyl sites for hydroxylation is 1. The summed E-state index contributed by atoms with van der Waals surface area (Å²) in [6.07, 6.45) is 3.10. The molecule has 0 unspecified atom stereocenters. The first kappa shape index (κ1) is 12.8. The van der Waals surface area contributed by atoms with Gasteiger partial charge in [-0.1, -0.05) is 11.6 Å². The first-order valence-corrected chi connectivity index (χ1v) is 6.36. The van der Waals surface area contributed by atoms with Crippen molar-refractivity contribution in [2.45, 2.75) is 13.5 Å². The number of nitrogen functional groups attached to an aromatic ring is 1. The Morgan fingerprint density at radius 1 is 1.50 bits per heavy atom. The van der Waals surface area contributed by atoms with Gasteiger partial charge in [-0.05, 0) is 13.0 Å². The lowest BCUT2D eigenvalue weighted by Gasteiger charge is -2.05. The molecule has 5 nitrogen and oxygen atoms in total. The number of halogens is 1. The van der Waals surface area contributed by atoms with E-state index in [1.807, 2.05) is 6.92 Å². The Balaban J connectivity index is 2.05. The van der Waals surface area contributed by atoms with Crippen LogP contribution < -0.4 is 11.1 Å². The molecule has 2 rings (SSSR count). The van der Waals surface area contributed by atoms with Crippen LogP contribution >= 0.6 is 22.9 Å². The molecule has 0 fully saturated rings. The quantitative estimate of drug-likeness (QED) is 0.902. The largest absolute Gasteiger partial charge is 0.384 e. The fourth-order valence-corrected chi connectivity index (χ4v) is 2.30. The van der Waals surface area contributed by atoms with Crippen LogP contribution in [-0.4, -0.2) is 15.9 Å². The maximum atomic E-state index is 11.9. The Morgan fingerprint density at radius 2 is 2.28 bits per heavy atom. The number of nitrogens with zero attached hydrogens (tertiary/aromatic N) is 2. The molecular formula is C11H11ClN4OS. The van der Waals surface area contributed by atoms with E-state index >= 15 is 0 Å². The summed E-state index contributed by atoms with van der Waals surface area (Å²) < 4.78 is 0. The standard InChI is InChI=1S/C11H11ClN4OS/c1-6-14-3-7(18-6)4-16-11(17)8-2-10(13)15-5-9(8)12/h2-3,5H,4H2,1H3,(H2,13,15)(H,16,17). The van der Waals surface area contributed by atoms with Gasteiger partial charge < -0.3 is 11.1 Å².